The van der Waals surface area contributed by atoms with Gasteiger partial charge in [0.05, 0.1) is 0 Å². The van der Waals surface area contributed by atoms with E-state index in [0.717, 1.165) is 23.4 Å². The Balaban J connectivity index is 2.16. The minimum atomic E-state index is 0.596. The van der Waals surface area contributed by atoms with Crippen LogP contribution in [0.25, 0.3) is 0 Å². The molecule has 0 bridgehead atoms. The maximum absolute atomic E-state index is 4.52. The minimum absolute atomic E-state index is 0.596. The molecule has 0 aliphatic carbocycles. The number of anilines is 1. The van der Waals surface area contributed by atoms with Crippen molar-refractivity contribution in [3.63, 3.8) is 0 Å². The van der Waals surface area contributed by atoms with Gasteiger partial charge in [0.2, 0.25) is 0 Å². The van der Waals surface area contributed by atoms with Crippen molar-refractivity contribution in [2.75, 3.05) is 25.0 Å². The number of nitrogens with zero attached hydrogens (tertiary/aromatic N) is 2. The fourth-order valence-electron chi connectivity index (χ4n) is 2.27. The van der Waals surface area contributed by atoms with E-state index < -0.39 is 0 Å². The lowest BCUT2D eigenvalue weighted by atomic mass is 10.1. The van der Waals surface area contributed by atoms with Crippen LogP contribution in [-0.2, 0) is 0 Å². The monoisotopic (exact) mass is 283 g/mol. The molecule has 16 heavy (non-hydrogen) atoms. The van der Waals surface area contributed by atoms with Gasteiger partial charge in [-0.05, 0) is 54.4 Å². The molecule has 1 atom stereocenters. The van der Waals surface area contributed by atoms with Crippen LogP contribution in [-0.4, -0.2) is 31.2 Å². The standard InChI is InChI=1S/C12H18BrN3/c1-9-6-10(13)7-15-12(9)16-5-3-4-11(8-16)14-2/h6-7,11,14H,3-5,8H2,1-2H3. The van der Waals surface area contributed by atoms with Gasteiger partial charge >= 0.3 is 0 Å². The number of hydrogen-bond acceptors (Lipinski definition) is 3. The second-order valence-electron chi connectivity index (χ2n) is 4.37. The Morgan fingerprint density at radius 3 is 3.06 bits per heavy atom. The molecule has 1 fully saturated rings. The molecule has 88 valence electrons. The van der Waals surface area contributed by atoms with Crippen molar-refractivity contribution in [1.29, 1.82) is 0 Å². The molecular formula is C12H18BrN3. The third-order valence-electron chi connectivity index (χ3n) is 3.15. The zero-order valence-corrected chi connectivity index (χ0v) is 11.4. The van der Waals surface area contributed by atoms with Crippen molar-refractivity contribution in [3.05, 3.63) is 22.3 Å². The van der Waals surface area contributed by atoms with Gasteiger partial charge in [0.15, 0.2) is 0 Å². The van der Waals surface area contributed by atoms with Crippen LogP contribution in [0, 0.1) is 6.92 Å². The zero-order valence-electron chi connectivity index (χ0n) is 9.83. The molecule has 1 unspecified atom stereocenters. The molecule has 1 aromatic rings. The Kier molecular flexibility index (Phi) is 3.82. The van der Waals surface area contributed by atoms with E-state index in [1.54, 1.807) is 0 Å². The number of likely N-dealkylation sites (N-methyl/N-ethyl adjacent to an activating group) is 1. The lowest BCUT2D eigenvalue weighted by molar-refractivity contribution is 0.447. The molecule has 0 amide bonds. The lowest BCUT2D eigenvalue weighted by Gasteiger charge is -2.34. The van der Waals surface area contributed by atoms with Crippen molar-refractivity contribution in [2.45, 2.75) is 25.8 Å². The predicted molar refractivity (Wildman–Crippen MR) is 71.0 cm³/mol. The largest absolute Gasteiger partial charge is 0.355 e. The highest BCUT2D eigenvalue weighted by atomic mass is 79.9. The van der Waals surface area contributed by atoms with Crippen LogP contribution in [0.5, 0.6) is 0 Å². The summed E-state index contributed by atoms with van der Waals surface area (Å²) in [5, 5.41) is 3.36. The van der Waals surface area contributed by atoms with Crippen LogP contribution < -0.4 is 10.2 Å². The van der Waals surface area contributed by atoms with Gasteiger partial charge in [-0.15, -0.1) is 0 Å². The summed E-state index contributed by atoms with van der Waals surface area (Å²) in [4.78, 5) is 6.90. The molecule has 1 aliphatic rings. The topological polar surface area (TPSA) is 28.2 Å². The first-order valence-electron chi connectivity index (χ1n) is 5.75. The molecule has 1 saturated heterocycles. The molecule has 1 aliphatic heterocycles. The van der Waals surface area contributed by atoms with Crippen LogP contribution >= 0.6 is 15.9 Å². The first-order chi connectivity index (χ1) is 7.70. The van der Waals surface area contributed by atoms with Gasteiger partial charge in [-0.25, -0.2) is 4.98 Å². The number of pyridine rings is 1. The first kappa shape index (κ1) is 11.9. The molecule has 0 aromatic carbocycles. The van der Waals surface area contributed by atoms with Crippen LogP contribution in [0.1, 0.15) is 18.4 Å². The van der Waals surface area contributed by atoms with E-state index in [4.69, 9.17) is 0 Å². The normalized spacial score (nSPS) is 21.2. The number of nitrogens with one attached hydrogen (secondary N) is 1. The first-order valence-corrected chi connectivity index (χ1v) is 6.54. The van der Waals surface area contributed by atoms with E-state index in [1.807, 2.05) is 13.2 Å². The average Bonchev–Trinajstić information content (AvgIpc) is 2.29. The van der Waals surface area contributed by atoms with Gasteiger partial charge < -0.3 is 10.2 Å². The van der Waals surface area contributed by atoms with Gasteiger partial charge in [-0.1, -0.05) is 0 Å². The van der Waals surface area contributed by atoms with E-state index in [2.05, 4.69) is 44.1 Å². The molecule has 4 heteroatoms. The van der Waals surface area contributed by atoms with E-state index in [9.17, 15) is 0 Å². The molecule has 1 aromatic heterocycles. The molecule has 0 radical (unpaired) electrons. The highest BCUT2D eigenvalue weighted by Crippen LogP contribution is 2.23. The van der Waals surface area contributed by atoms with Crippen molar-refractivity contribution in [2.24, 2.45) is 0 Å². The summed E-state index contributed by atoms with van der Waals surface area (Å²) in [6, 6.07) is 2.73. The van der Waals surface area contributed by atoms with Gasteiger partial charge in [-0.3, -0.25) is 0 Å². The van der Waals surface area contributed by atoms with Crippen molar-refractivity contribution < 1.29 is 0 Å². The highest BCUT2D eigenvalue weighted by molar-refractivity contribution is 9.10. The molecule has 0 spiro atoms. The zero-order chi connectivity index (χ0) is 11.5. The fourth-order valence-corrected chi connectivity index (χ4v) is 2.72. The number of piperidine rings is 1. The van der Waals surface area contributed by atoms with Crippen LogP contribution in [0.15, 0.2) is 16.7 Å². The Morgan fingerprint density at radius 1 is 1.56 bits per heavy atom. The van der Waals surface area contributed by atoms with E-state index in [-0.39, 0.29) is 0 Å². The number of halogens is 1. The minimum Gasteiger partial charge on any atom is -0.355 e. The summed E-state index contributed by atoms with van der Waals surface area (Å²) in [7, 11) is 2.04. The third-order valence-corrected chi connectivity index (χ3v) is 3.58. The Labute approximate surface area is 105 Å². The summed E-state index contributed by atoms with van der Waals surface area (Å²) < 4.78 is 1.05. The van der Waals surface area contributed by atoms with Crippen LogP contribution in [0.4, 0.5) is 5.82 Å². The summed E-state index contributed by atoms with van der Waals surface area (Å²) in [6.45, 7) is 4.30. The van der Waals surface area contributed by atoms with Crippen molar-refractivity contribution in [3.8, 4) is 0 Å². The van der Waals surface area contributed by atoms with Gasteiger partial charge in [-0.2, -0.15) is 0 Å². The van der Waals surface area contributed by atoms with Gasteiger partial charge in [0.25, 0.3) is 0 Å². The molecule has 2 rings (SSSR count). The van der Waals surface area contributed by atoms with E-state index in [0.29, 0.717) is 6.04 Å². The average molecular weight is 284 g/mol. The maximum Gasteiger partial charge on any atom is 0.131 e. The summed E-state index contributed by atoms with van der Waals surface area (Å²) >= 11 is 3.45. The summed E-state index contributed by atoms with van der Waals surface area (Å²) in [6.07, 6.45) is 4.39. The van der Waals surface area contributed by atoms with Gasteiger partial charge in [0, 0.05) is 29.8 Å². The Bertz CT molecular complexity index is 367. The number of rotatable bonds is 2. The molecule has 0 saturated carbocycles. The number of aromatic nitrogens is 1. The Hall–Kier alpha value is -0.610. The van der Waals surface area contributed by atoms with E-state index >= 15 is 0 Å². The molecule has 3 nitrogen and oxygen atoms in total. The number of aryl methyl sites for hydroxylation is 1. The SMILES string of the molecule is CNC1CCCN(c2ncc(Br)cc2C)C1. The second-order valence-corrected chi connectivity index (χ2v) is 5.28. The fraction of sp³-hybridized carbons (Fsp3) is 0.583. The maximum atomic E-state index is 4.52. The molecule has 2 heterocycles. The number of hydrogen-bond donors (Lipinski definition) is 1. The van der Waals surface area contributed by atoms with Crippen molar-refractivity contribution >= 4 is 21.7 Å². The van der Waals surface area contributed by atoms with Crippen LogP contribution in [0.3, 0.4) is 0 Å². The summed E-state index contributed by atoms with van der Waals surface area (Å²) in [5.74, 6) is 1.13. The van der Waals surface area contributed by atoms with E-state index in [1.165, 1.54) is 18.4 Å². The quantitative estimate of drug-likeness (QED) is 0.903. The smallest absolute Gasteiger partial charge is 0.131 e. The second kappa shape index (κ2) is 5.15. The lowest BCUT2D eigenvalue weighted by Crippen LogP contribution is -2.45. The highest BCUT2D eigenvalue weighted by Gasteiger charge is 2.20. The Morgan fingerprint density at radius 2 is 2.38 bits per heavy atom. The molecular weight excluding hydrogens is 266 g/mol. The predicted octanol–water partition coefficient (Wildman–Crippen LogP) is 2.34. The third kappa shape index (κ3) is 2.55. The molecule has 1 N–H and O–H groups in total. The van der Waals surface area contributed by atoms with Crippen molar-refractivity contribution in [1.82, 2.24) is 10.3 Å². The van der Waals surface area contributed by atoms with Crippen LogP contribution in [0.2, 0.25) is 0 Å². The van der Waals surface area contributed by atoms with Gasteiger partial charge in [0.1, 0.15) is 5.82 Å². The summed E-state index contributed by atoms with van der Waals surface area (Å²) in [5.41, 5.74) is 1.24.